The summed E-state index contributed by atoms with van der Waals surface area (Å²) < 4.78 is 29.7. The SMILES string of the molecule is COC(=O)c1ccc(C)c(NC(=O)CN(c2cccc([N+](=O)[O-])c2)S(C)(=O)=O)c1. The van der Waals surface area contributed by atoms with Crippen LogP contribution >= 0.6 is 0 Å². The second-order valence-electron chi connectivity index (χ2n) is 6.12. The fourth-order valence-corrected chi connectivity index (χ4v) is 3.33. The van der Waals surface area contributed by atoms with Crippen LogP contribution in [-0.2, 0) is 19.6 Å². The lowest BCUT2D eigenvalue weighted by Gasteiger charge is -2.22. The molecule has 0 radical (unpaired) electrons. The molecule has 0 aliphatic heterocycles. The molecule has 29 heavy (non-hydrogen) atoms. The number of carbonyl (C=O) groups excluding carboxylic acids is 2. The van der Waals surface area contributed by atoms with Gasteiger partial charge in [-0.15, -0.1) is 0 Å². The largest absolute Gasteiger partial charge is 0.465 e. The van der Waals surface area contributed by atoms with E-state index in [-0.39, 0.29) is 16.9 Å². The summed E-state index contributed by atoms with van der Waals surface area (Å²) in [5.41, 5.74) is 0.847. The third-order valence-electron chi connectivity index (χ3n) is 3.95. The van der Waals surface area contributed by atoms with Crippen molar-refractivity contribution < 1.29 is 27.7 Å². The number of aryl methyl sites for hydroxylation is 1. The molecule has 1 N–H and O–H groups in total. The molecule has 0 aromatic heterocycles. The zero-order chi connectivity index (χ0) is 21.8. The number of ether oxygens (including phenoxy) is 1. The van der Waals surface area contributed by atoms with Gasteiger partial charge in [0.05, 0.1) is 29.5 Å². The van der Waals surface area contributed by atoms with Gasteiger partial charge in [-0.05, 0) is 30.7 Å². The number of hydrogen-bond donors (Lipinski definition) is 1. The van der Waals surface area contributed by atoms with Crippen molar-refractivity contribution in [1.82, 2.24) is 0 Å². The van der Waals surface area contributed by atoms with Crippen molar-refractivity contribution in [2.75, 3.05) is 29.5 Å². The van der Waals surface area contributed by atoms with E-state index in [0.29, 0.717) is 11.3 Å². The maximum Gasteiger partial charge on any atom is 0.337 e. The summed E-state index contributed by atoms with van der Waals surface area (Å²) in [5.74, 6) is -1.28. The number of carbonyl (C=O) groups is 2. The lowest BCUT2D eigenvalue weighted by atomic mass is 10.1. The number of nitrogens with one attached hydrogen (secondary N) is 1. The highest BCUT2D eigenvalue weighted by Gasteiger charge is 2.23. The van der Waals surface area contributed by atoms with Gasteiger partial charge in [0.1, 0.15) is 6.54 Å². The molecule has 2 aromatic carbocycles. The fourth-order valence-electron chi connectivity index (χ4n) is 2.48. The van der Waals surface area contributed by atoms with Gasteiger partial charge in [-0.25, -0.2) is 13.2 Å². The Morgan fingerprint density at radius 1 is 1.21 bits per heavy atom. The monoisotopic (exact) mass is 421 g/mol. The van der Waals surface area contributed by atoms with E-state index in [4.69, 9.17) is 0 Å². The van der Waals surface area contributed by atoms with E-state index in [1.165, 1.54) is 37.4 Å². The van der Waals surface area contributed by atoms with E-state index in [1.807, 2.05) is 0 Å². The molecule has 0 saturated carbocycles. The topological polar surface area (TPSA) is 136 Å². The molecule has 0 bridgehead atoms. The molecule has 0 aliphatic rings. The second-order valence-corrected chi connectivity index (χ2v) is 8.02. The van der Waals surface area contributed by atoms with Crippen LogP contribution < -0.4 is 9.62 Å². The fraction of sp³-hybridized carbons (Fsp3) is 0.222. The minimum atomic E-state index is -3.91. The zero-order valence-corrected chi connectivity index (χ0v) is 16.7. The van der Waals surface area contributed by atoms with Crippen LogP contribution in [0.25, 0.3) is 0 Å². The molecule has 1 amide bonds. The number of amides is 1. The van der Waals surface area contributed by atoms with Gasteiger partial charge in [0.15, 0.2) is 0 Å². The maximum absolute atomic E-state index is 12.5. The minimum absolute atomic E-state index is 0.0168. The highest BCUT2D eigenvalue weighted by molar-refractivity contribution is 7.92. The third-order valence-corrected chi connectivity index (χ3v) is 5.09. The number of esters is 1. The summed E-state index contributed by atoms with van der Waals surface area (Å²) in [6.45, 7) is 1.09. The highest BCUT2D eigenvalue weighted by Crippen LogP contribution is 2.23. The van der Waals surface area contributed by atoms with E-state index in [0.717, 1.165) is 16.6 Å². The normalized spacial score (nSPS) is 10.9. The van der Waals surface area contributed by atoms with Gasteiger partial charge in [-0.1, -0.05) is 12.1 Å². The summed E-state index contributed by atoms with van der Waals surface area (Å²) in [4.78, 5) is 34.5. The van der Waals surface area contributed by atoms with E-state index in [2.05, 4.69) is 10.1 Å². The first-order valence-corrected chi connectivity index (χ1v) is 10.1. The number of rotatable bonds is 7. The molecule has 0 saturated heterocycles. The Labute approximate surface area is 167 Å². The first-order valence-electron chi connectivity index (χ1n) is 8.24. The average Bonchev–Trinajstić information content (AvgIpc) is 2.66. The number of nitrogens with zero attached hydrogens (tertiary/aromatic N) is 2. The standard InChI is InChI=1S/C18H19N3O7S/c1-12-7-8-13(18(23)28-2)9-16(12)19-17(22)11-20(29(3,26)27)14-5-4-6-15(10-14)21(24)25/h4-10H,11H2,1-3H3,(H,19,22). The van der Waals surface area contributed by atoms with E-state index in [1.54, 1.807) is 13.0 Å². The van der Waals surface area contributed by atoms with Crippen molar-refractivity contribution in [3.8, 4) is 0 Å². The Bertz CT molecular complexity index is 1070. The Hall–Kier alpha value is -3.47. The van der Waals surface area contributed by atoms with Crippen molar-refractivity contribution in [2.45, 2.75) is 6.92 Å². The van der Waals surface area contributed by atoms with Crippen LogP contribution in [-0.4, -0.2) is 45.1 Å². The summed E-state index contributed by atoms with van der Waals surface area (Å²) in [6.07, 6.45) is 0.891. The third kappa shape index (κ3) is 5.51. The smallest absolute Gasteiger partial charge is 0.337 e. The molecular formula is C18H19N3O7S. The molecule has 10 nitrogen and oxygen atoms in total. The number of benzene rings is 2. The Balaban J connectivity index is 2.30. The number of anilines is 2. The summed E-state index contributed by atoms with van der Waals surface area (Å²) in [7, 11) is -2.68. The lowest BCUT2D eigenvalue weighted by Crippen LogP contribution is -2.37. The van der Waals surface area contributed by atoms with Gasteiger partial charge in [0.25, 0.3) is 5.69 Å². The number of methoxy groups -OCH3 is 1. The quantitative estimate of drug-likeness (QED) is 0.411. The molecule has 0 aliphatic carbocycles. The first kappa shape index (κ1) is 21.8. The van der Waals surface area contributed by atoms with E-state index >= 15 is 0 Å². The first-order chi connectivity index (χ1) is 13.5. The Kier molecular flexibility index (Phi) is 6.54. The van der Waals surface area contributed by atoms with Gasteiger partial charge >= 0.3 is 5.97 Å². The molecule has 0 atom stereocenters. The van der Waals surface area contributed by atoms with Crippen molar-refractivity contribution in [3.63, 3.8) is 0 Å². The van der Waals surface area contributed by atoms with Crippen molar-refractivity contribution in [3.05, 3.63) is 63.7 Å². The number of nitro groups is 1. The molecule has 11 heteroatoms. The number of nitro benzene ring substituents is 1. The van der Waals surface area contributed by atoms with E-state index < -0.39 is 33.4 Å². The van der Waals surface area contributed by atoms with Crippen molar-refractivity contribution >= 4 is 39.0 Å². The Morgan fingerprint density at radius 3 is 2.48 bits per heavy atom. The van der Waals surface area contributed by atoms with Crippen LogP contribution in [0.3, 0.4) is 0 Å². The van der Waals surface area contributed by atoms with Gasteiger partial charge in [0, 0.05) is 17.8 Å². The maximum atomic E-state index is 12.5. The summed E-state index contributed by atoms with van der Waals surface area (Å²) in [5, 5.41) is 13.5. The highest BCUT2D eigenvalue weighted by atomic mass is 32.2. The van der Waals surface area contributed by atoms with Crippen LogP contribution in [0.2, 0.25) is 0 Å². The van der Waals surface area contributed by atoms with Crippen molar-refractivity contribution in [1.29, 1.82) is 0 Å². The number of sulfonamides is 1. The van der Waals surface area contributed by atoms with E-state index in [9.17, 15) is 28.1 Å². The zero-order valence-electron chi connectivity index (χ0n) is 15.9. The van der Waals surface area contributed by atoms with Crippen molar-refractivity contribution in [2.24, 2.45) is 0 Å². The predicted octanol–water partition coefficient (Wildman–Crippen LogP) is 2.09. The van der Waals surface area contributed by atoms with Gasteiger partial charge in [0.2, 0.25) is 15.9 Å². The molecule has 0 heterocycles. The summed E-state index contributed by atoms with van der Waals surface area (Å²) >= 11 is 0. The van der Waals surface area contributed by atoms with Crippen LogP contribution in [0.5, 0.6) is 0 Å². The molecule has 0 fully saturated rings. The van der Waals surface area contributed by atoms with Crippen LogP contribution in [0, 0.1) is 17.0 Å². The number of hydrogen-bond acceptors (Lipinski definition) is 7. The minimum Gasteiger partial charge on any atom is -0.465 e. The molecule has 2 rings (SSSR count). The molecule has 0 unspecified atom stereocenters. The van der Waals surface area contributed by atoms with Crippen LogP contribution in [0.15, 0.2) is 42.5 Å². The molecule has 0 spiro atoms. The molecular weight excluding hydrogens is 402 g/mol. The predicted molar refractivity (Wildman–Crippen MR) is 106 cm³/mol. The van der Waals surface area contributed by atoms with Gasteiger partial charge in [-0.2, -0.15) is 0 Å². The summed E-state index contributed by atoms with van der Waals surface area (Å²) in [6, 6.07) is 9.51. The van der Waals surface area contributed by atoms with Crippen LogP contribution in [0.1, 0.15) is 15.9 Å². The van der Waals surface area contributed by atoms with Gasteiger partial charge in [-0.3, -0.25) is 19.2 Å². The Morgan fingerprint density at radius 2 is 1.90 bits per heavy atom. The lowest BCUT2D eigenvalue weighted by molar-refractivity contribution is -0.384. The van der Waals surface area contributed by atoms with Crippen LogP contribution in [0.4, 0.5) is 17.1 Å². The molecule has 154 valence electrons. The second kappa shape index (κ2) is 8.69. The average molecular weight is 421 g/mol. The molecule has 2 aromatic rings. The number of non-ortho nitro benzene ring substituents is 1. The van der Waals surface area contributed by atoms with Gasteiger partial charge < -0.3 is 10.1 Å².